The molecule has 0 radical (unpaired) electrons. The molecule has 0 spiro atoms. The number of amides is 2. The highest BCUT2D eigenvalue weighted by Gasteiger charge is 2.43. The van der Waals surface area contributed by atoms with Crippen LogP contribution < -0.4 is 16.0 Å². The van der Waals surface area contributed by atoms with Crippen molar-refractivity contribution >= 4 is 28.4 Å². The predicted molar refractivity (Wildman–Crippen MR) is 130 cm³/mol. The third-order valence-corrected chi connectivity index (χ3v) is 6.95. The zero-order valence-corrected chi connectivity index (χ0v) is 19.0. The molecule has 3 heterocycles. The maximum Gasteiger partial charge on any atom is 0.237 e. The summed E-state index contributed by atoms with van der Waals surface area (Å²) in [5.74, 6) is 0.119. The molecule has 2 fully saturated rings. The quantitative estimate of drug-likeness (QED) is 0.523. The van der Waals surface area contributed by atoms with Crippen LogP contribution in [0.3, 0.4) is 0 Å². The van der Waals surface area contributed by atoms with Crippen LogP contribution in [0.4, 0.5) is 5.69 Å². The highest BCUT2D eigenvalue weighted by Crippen LogP contribution is 2.27. The number of para-hydroxylation sites is 2. The molecule has 3 N–H and O–H groups in total. The molecule has 33 heavy (non-hydrogen) atoms. The van der Waals surface area contributed by atoms with Crippen molar-refractivity contribution in [3.05, 3.63) is 66.4 Å². The summed E-state index contributed by atoms with van der Waals surface area (Å²) in [6.45, 7) is 2.20. The van der Waals surface area contributed by atoms with Crippen molar-refractivity contribution < 1.29 is 9.59 Å². The van der Waals surface area contributed by atoms with E-state index < -0.39 is 0 Å². The highest BCUT2D eigenvalue weighted by atomic mass is 16.2. The van der Waals surface area contributed by atoms with Crippen molar-refractivity contribution in [3.8, 4) is 0 Å². The van der Waals surface area contributed by atoms with Crippen molar-refractivity contribution in [2.24, 2.45) is 7.05 Å². The Bertz CT molecular complexity index is 1140. The Labute approximate surface area is 194 Å². The van der Waals surface area contributed by atoms with E-state index in [1.54, 1.807) is 0 Å². The number of carbonyl (C=O) groups is 2. The summed E-state index contributed by atoms with van der Waals surface area (Å²) in [5, 5.41) is 11.0. The maximum absolute atomic E-state index is 12.5. The summed E-state index contributed by atoms with van der Waals surface area (Å²) in [7, 11) is 2.07. The Morgan fingerprint density at radius 3 is 2.76 bits per heavy atom. The average molecular weight is 446 g/mol. The first-order valence-electron chi connectivity index (χ1n) is 11.7. The lowest BCUT2D eigenvalue weighted by Crippen LogP contribution is -2.57. The van der Waals surface area contributed by atoms with Gasteiger partial charge in [-0.1, -0.05) is 36.4 Å². The van der Waals surface area contributed by atoms with Crippen LogP contribution in [-0.4, -0.2) is 52.5 Å². The first-order chi connectivity index (χ1) is 16.1. The molecule has 1 aromatic heterocycles. The highest BCUT2D eigenvalue weighted by molar-refractivity contribution is 5.90. The number of benzene rings is 2. The first-order valence-corrected chi connectivity index (χ1v) is 11.7. The fourth-order valence-corrected chi connectivity index (χ4v) is 5.26. The van der Waals surface area contributed by atoms with Crippen molar-refractivity contribution in [1.82, 2.24) is 20.1 Å². The van der Waals surface area contributed by atoms with Crippen molar-refractivity contribution in [3.63, 3.8) is 0 Å². The van der Waals surface area contributed by atoms with Crippen LogP contribution in [0, 0.1) is 0 Å². The fourth-order valence-electron chi connectivity index (χ4n) is 5.26. The van der Waals surface area contributed by atoms with Crippen LogP contribution in [0.5, 0.6) is 0 Å². The Morgan fingerprint density at radius 1 is 1.12 bits per heavy atom. The number of aromatic nitrogens is 1. The van der Waals surface area contributed by atoms with Crippen LogP contribution in [-0.2, 0) is 23.2 Å². The summed E-state index contributed by atoms with van der Waals surface area (Å²) in [6.07, 6.45) is 4.14. The van der Waals surface area contributed by atoms with E-state index in [2.05, 4.69) is 62.9 Å². The standard InChI is InChI=1S/C26H31N5O2/c1-30-16-18(22-9-5-6-10-23(22)30)14-27-20-13-24-26(33)28-15-21(31(24)17-20)11-12-25(32)29-19-7-3-2-4-8-19/h2-10,16,20-21,24,27H,11-15,17H2,1H3,(H,28,33)(H,29,32). The number of nitrogens with one attached hydrogen (secondary N) is 3. The Morgan fingerprint density at radius 2 is 1.91 bits per heavy atom. The summed E-state index contributed by atoms with van der Waals surface area (Å²) in [6, 6.07) is 18.3. The largest absolute Gasteiger partial charge is 0.353 e. The molecule has 2 aliphatic heterocycles. The third-order valence-electron chi connectivity index (χ3n) is 6.95. The molecule has 0 bridgehead atoms. The average Bonchev–Trinajstić information content (AvgIpc) is 3.40. The fraction of sp³-hybridized carbons (Fsp3) is 0.385. The number of carbonyl (C=O) groups excluding carboxylic acids is 2. The molecule has 0 aliphatic carbocycles. The first kappa shape index (κ1) is 21.7. The molecule has 3 unspecified atom stereocenters. The second kappa shape index (κ2) is 9.37. The van der Waals surface area contributed by atoms with Crippen molar-refractivity contribution in [2.75, 3.05) is 18.4 Å². The minimum absolute atomic E-state index is 0.0134. The summed E-state index contributed by atoms with van der Waals surface area (Å²) < 4.78 is 2.16. The van der Waals surface area contributed by atoms with E-state index in [0.29, 0.717) is 13.0 Å². The molecule has 7 nitrogen and oxygen atoms in total. The molecule has 2 aliphatic rings. The van der Waals surface area contributed by atoms with Gasteiger partial charge in [-0.2, -0.15) is 0 Å². The predicted octanol–water partition coefficient (Wildman–Crippen LogP) is 2.63. The van der Waals surface area contributed by atoms with Gasteiger partial charge >= 0.3 is 0 Å². The van der Waals surface area contributed by atoms with Crippen molar-refractivity contribution in [2.45, 2.75) is 43.9 Å². The normalized spacial score (nSPS) is 22.8. The number of rotatable bonds is 7. The lowest BCUT2D eigenvalue weighted by atomic mass is 10.0. The second-order valence-corrected chi connectivity index (χ2v) is 9.16. The number of fused-ring (bicyclic) bond motifs is 2. The lowest BCUT2D eigenvalue weighted by Gasteiger charge is -2.37. The van der Waals surface area contributed by atoms with E-state index in [0.717, 1.165) is 31.6 Å². The number of nitrogens with zero attached hydrogens (tertiary/aromatic N) is 2. The second-order valence-electron chi connectivity index (χ2n) is 9.16. The number of piperazine rings is 1. The Kier molecular flexibility index (Phi) is 6.15. The van der Waals surface area contributed by atoms with Crippen LogP contribution in [0.2, 0.25) is 0 Å². The van der Waals surface area contributed by atoms with Gasteiger partial charge in [0.05, 0.1) is 6.04 Å². The van der Waals surface area contributed by atoms with Gasteiger partial charge in [0.25, 0.3) is 0 Å². The summed E-state index contributed by atoms with van der Waals surface area (Å²) in [4.78, 5) is 27.2. The van der Waals surface area contributed by atoms with Gasteiger partial charge in [-0.3, -0.25) is 14.5 Å². The number of aryl methyl sites for hydroxylation is 1. The smallest absolute Gasteiger partial charge is 0.237 e. The topological polar surface area (TPSA) is 78.4 Å². The maximum atomic E-state index is 12.5. The third kappa shape index (κ3) is 4.65. The minimum atomic E-state index is -0.119. The molecule has 2 saturated heterocycles. The zero-order valence-electron chi connectivity index (χ0n) is 19.0. The van der Waals surface area contributed by atoms with E-state index in [1.165, 1.54) is 16.5 Å². The van der Waals surface area contributed by atoms with Gasteiger partial charge in [0.2, 0.25) is 11.8 Å². The number of hydrogen-bond donors (Lipinski definition) is 3. The number of hydrogen-bond acceptors (Lipinski definition) is 4. The van der Waals surface area contributed by atoms with E-state index >= 15 is 0 Å². The molecule has 3 atom stereocenters. The van der Waals surface area contributed by atoms with Gasteiger partial charge in [-0.25, -0.2) is 0 Å². The molecule has 2 aromatic carbocycles. The van der Waals surface area contributed by atoms with Gasteiger partial charge < -0.3 is 20.5 Å². The van der Waals surface area contributed by atoms with Gasteiger partial charge in [0, 0.05) is 68.0 Å². The summed E-state index contributed by atoms with van der Waals surface area (Å²) in [5.41, 5.74) is 3.32. The SMILES string of the molecule is Cn1cc(CNC2CC3C(=O)NCC(CCC(=O)Nc4ccccc4)N3C2)c2ccccc21. The molecule has 5 rings (SSSR count). The molecule has 0 saturated carbocycles. The monoisotopic (exact) mass is 445 g/mol. The van der Waals surface area contributed by atoms with Crippen LogP contribution >= 0.6 is 0 Å². The number of anilines is 1. The Hall–Kier alpha value is -3.16. The van der Waals surface area contributed by atoms with Gasteiger partial charge in [-0.05, 0) is 36.6 Å². The lowest BCUT2D eigenvalue weighted by molar-refractivity contribution is -0.129. The van der Waals surface area contributed by atoms with Crippen LogP contribution in [0.15, 0.2) is 60.8 Å². The molecule has 172 valence electrons. The van der Waals surface area contributed by atoms with E-state index in [4.69, 9.17) is 0 Å². The van der Waals surface area contributed by atoms with Crippen molar-refractivity contribution in [1.29, 1.82) is 0 Å². The van der Waals surface area contributed by atoms with Gasteiger partial charge in [0.15, 0.2) is 0 Å². The van der Waals surface area contributed by atoms with Crippen LogP contribution in [0.25, 0.3) is 10.9 Å². The molecule has 3 aromatic rings. The molecular formula is C26H31N5O2. The summed E-state index contributed by atoms with van der Waals surface area (Å²) >= 11 is 0. The van der Waals surface area contributed by atoms with E-state index in [-0.39, 0.29) is 29.9 Å². The van der Waals surface area contributed by atoms with Crippen LogP contribution in [0.1, 0.15) is 24.8 Å². The Balaban J connectivity index is 1.18. The van der Waals surface area contributed by atoms with E-state index in [1.807, 2.05) is 30.3 Å². The van der Waals surface area contributed by atoms with Gasteiger partial charge in [0.1, 0.15) is 0 Å². The molecule has 7 heteroatoms. The van der Waals surface area contributed by atoms with Gasteiger partial charge in [-0.15, -0.1) is 0 Å². The molecule has 2 amide bonds. The zero-order chi connectivity index (χ0) is 22.8. The van der Waals surface area contributed by atoms with E-state index in [9.17, 15) is 9.59 Å². The minimum Gasteiger partial charge on any atom is -0.353 e. The molecular weight excluding hydrogens is 414 g/mol.